The van der Waals surface area contributed by atoms with Crippen molar-refractivity contribution in [3.63, 3.8) is 0 Å². The zero-order valence-electron chi connectivity index (χ0n) is 36.7. The van der Waals surface area contributed by atoms with E-state index in [9.17, 15) is 24.7 Å². The molecule has 65 heavy (non-hydrogen) atoms. The van der Waals surface area contributed by atoms with Crippen LogP contribution in [0.4, 0.5) is 9.18 Å². The van der Waals surface area contributed by atoms with Crippen molar-refractivity contribution < 1.29 is 43.2 Å². The van der Waals surface area contributed by atoms with Gasteiger partial charge in [-0.1, -0.05) is 72.6 Å². The van der Waals surface area contributed by atoms with Gasteiger partial charge in [0, 0.05) is 49.8 Å². The van der Waals surface area contributed by atoms with E-state index < -0.39 is 29.7 Å². The first-order valence-corrected chi connectivity index (χ1v) is 22.5. The smallest absolute Gasteiger partial charge is 0.412 e. The number of ether oxygens (including phenoxy) is 3. The van der Waals surface area contributed by atoms with Crippen molar-refractivity contribution in [1.82, 2.24) is 10.2 Å². The summed E-state index contributed by atoms with van der Waals surface area (Å²) in [6, 6.07) is 28.6. The quantitative estimate of drug-likeness (QED) is 0.0447. The molecule has 340 valence electrons. The highest BCUT2D eigenvalue weighted by molar-refractivity contribution is 6.03. The predicted octanol–water partition coefficient (Wildman–Crippen LogP) is 8.98. The number of aliphatic hydroxyl groups is 2. The summed E-state index contributed by atoms with van der Waals surface area (Å²) in [6.45, 7) is 6.54. The lowest BCUT2D eigenvalue weighted by Crippen LogP contribution is -2.70. The Balaban J connectivity index is 1.48. The van der Waals surface area contributed by atoms with Crippen LogP contribution in [0.2, 0.25) is 0 Å². The van der Waals surface area contributed by atoms with Gasteiger partial charge < -0.3 is 39.5 Å². The lowest BCUT2D eigenvalue weighted by Gasteiger charge is -2.60. The average Bonchev–Trinajstić information content (AvgIpc) is 3.32. The van der Waals surface area contributed by atoms with Crippen molar-refractivity contribution >= 4 is 17.7 Å². The zero-order chi connectivity index (χ0) is 45.8. The first-order valence-electron chi connectivity index (χ1n) is 22.5. The molecule has 1 fully saturated rings. The summed E-state index contributed by atoms with van der Waals surface area (Å²) in [5.41, 5.74) is 4.50. The number of rotatable bonds is 20. The fourth-order valence-electron chi connectivity index (χ4n) is 9.72. The molecule has 0 spiro atoms. The van der Waals surface area contributed by atoms with Crippen molar-refractivity contribution in [3.8, 4) is 17.6 Å². The van der Waals surface area contributed by atoms with Gasteiger partial charge in [-0.05, 0) is 116 Å². The van der Waals surface area contributed by atoms with E-state index in [4.69, 9.17) is 24.2 Å². The van der Waals surface area contributed by atoms with Crippen LogP contribution in [0, 0.1) is 34.9 Å². The number of allylic oxidation sites excluding steroid dienone is 1. The zero-order valence-corrected chi connectivity index (χ0v) is 36.7. The number of unbranched alkanes of at least 4 members (excludes halogenated alkanes) is 2. The second-order valence-corrected chi connectivity index (χ2v) is 16.7. The number of carbonyl (C=O) groups excluding carboxylic acids is 2. The Kier molecular flexibility index (Phi) is 15.8. The lowest BCUT2D eigenvalue weighted by atomic mass is 9.55. The number of hydrogen-bond acceptors (Lipinski definition) is 10. The van der Waals surface area contributed by atoms with Crippen LogP contribution in [-0.4, -0.2) is 71.0 Å². The monoisotopic (exact) mass is 884 g/mol. The Morgan fingerprint density at radius 3 is 2.42 bits per heavy atom. The van der Waals surface area contributed by atoms with Crippen molar-refractivity contribution in [2.24, 2.45) is 22.9 Å². The van der Waals surface area contributed by atoms with Gasteiger partial charge in [0.25, 0.3) is 5.91 Å². The SMILES string of the molecule is C=CCO[C@@]12Oc3ccc(OC(=O)NCC)cc3[C@H]3[C@H](CCCCO)[C@@H](CCCCO)C=C(C(=NOCc4ccccc4)C[C@@H]1N(Cc1ccc(F)cc1)C(=O)c1ccc(C#N)cc1)[C@H]32. The van der Waals surface area contributed by atoms with E-state index in [1.165, 1.54) is 12.1 Å². The van der Waals surface area contributed by atoms with Crippen LogP contribution < -0.4 is 14.8 Å². The second-order valence-electron chi connectivity index (χ2n) is 16.7. The predicted molar refractivity (Wildman–Crippen MR) is 243 cm³/mol. The van der Waals surface area contributed by atoms with Gasteiger partial charge >= 0.3 is 6.09 Å². The number of fused-ring (bicyclic) bond motifs is 2. The molecular formula is C52H57FN4O8. The van der Waals surface area contributed by atoms with Crippen LogP contribution in [0.3, 0.4) is 0 Å². The van der Waals surface area contributed by atoms with E-state index in [1.54, 1.807) is 59.5 Å². The van der Waals surface area contributed by atoms with Gasteiger partial charge in [0.05, 0.1) is 29.9 Å². The summed E-state index contributed by atoms with van der Waals surface area (Å²) in [5.74, 6) is -2.70. The van der Waals surface area contributed by atoms with Crippen molar-refractivity contribution in [2.75, 3.05) is 26.4 Å². The van der Waals surface area contributed by atoms with E-state index in [-0.39, 0.29) is 63.1 Å². The summed E-state index contributed by atoms with van der Waals surface area (Å²) in [5, 5.41) is 37.2. The summed E-state index contributed by atoms with van der Waals surface area (Å²) in [7, 11) is 0. The Labute approximate surface area is 380 Å². The molecular weight excluding hydrogens is 828 g/mol. The highest BCUT2D eigenvalue weighted by atomic mass is 19.1. The van der Waals surface area contributed by atoms with Gasteiger partial charge in [-0.25, -0.2) is 9.18 Å². The molecule has 0 unspecified atom stereocenters. The van der Waals surface area contributed by atoms with E-state index >= 15 is 4.79 Å². The molecule has 7 rings (SSSR count). The Bertz CT molecular complexity index is 2370. The number of nitriles is 1. The fraction of sp³-hybridized carbons (Fsp3) is 0.385. The van der Waals surface area contributed by atoms with Gasteiger partial charge in [0.2, 0.25) is 5.79 Å². The Hall–Kier alpha value is -6.33. The topological polar surface area (TPSA) is 163 Å². The third-order valence-electron chi connectivity index (χ3n) is 12.6. The Morgan fingerprint density at radius 1 is 0.985 bits per heavy atom. The molecule has 1 aliphatic heterocycles. The van der Waals surface area contributed by atoms with Crippen molar-refractivity contribution in [1.29, 1.82) is 5.26 Å². The highest BCUT2D eigenvalue weighted by Crippen LogP contribution is 2.62. The number of carbonyl (C=O) groups is 2. The highest BCUT2D eigenvalue weighted by Gasteiger charge is 2.65. The molecule has 0 radical (unpaired) electrons. The molecule has 3 N–H and O–H groups in total. The van der Waals surface area contributed by atoms with Crippen LogP contribution in [0.1, 0.15) is 90.4 Å². The van der Waals surface area contributed by atoms with E-state index in [0.717, 1.165) is 29.5 Å². The summed E-state index contributed by atoms with van der Waals surface area (Å²) < 4.78 is 34.7. The first kappa shape index (κ1) is 46.7. The molecule has 12 nitrogen and oxygen atoms in total. The van der Waals surface area contributed by atoms with Crippen LogP contribution in [0.15, 0.2) is 127 Å². The second kappa shape index (κ2) is 22.0. The van der Waals surface area contributed by atoms with Crippen LogP contribution in [0.5, 0.6) is 11.5 Å². The van der Waals surface area contributed by atoms with Crippen molar-refractivity contribution in [3.05, 3.63) is 155 Å². The molecule has 0 aromatic heterocycles. The van der Waals surface area contributed by atoms with E-state index in [0.29, 0.717) is 66.1 Å². The normalized spacial score (nSPS) is 22.3. The van der Waals surface area contributed by atoms with Gasteiger partial charge in [-0.2, -0.15) is 5.26 Å². The number of halogens is 1. The minimum absolute atomic E-state index is 0.0246. The third kappa shape index (κ3) is 10.6. The molecule has 4 aromatic carbocycles. The van der Waals surface area contributed by atoms with Crippen molar-refractivity contribution in [2.45, 2.75) is 82.8 Å². The molecule has 1 saturated carbocycles. The van der Waals surface area contributed by atoms with Gasteiger partial charge in [-0.15, -0.1) is 6.58 Å². The number of aliphatic hydroxyl groups excluding tert-OH is 2. The van der Waals surface area contributed by atoms with Crippen LogP contribution in [0.25, 0.3) is 0 Å². The molecule has 0 bridgehead atoms. The minimum Gasteiger partial charge on any atom is -0.459 e. The minimum atomic E-state index is -1.59. The van der Waals surface area contributed by atoms with Gasteiger partial charge in [0.15, 0.2) is 0 Å². The van der Waals surface area contributed by atoms with Gasteiger partial charge in [-0.3, -0.25) is 4.79 Å². The average molecular weight is 885 g/mol. The van der Waals surface area contributed by atoms with Crippen LogP contribution >= 0.6 is 0 Å². The first-order chi connectivity index (χ1) is 31.7. The molecule has 0 saturated heterocycles. The lowest BCUT2D eigenvalue weighted by molar-refractivity contribution is -0.255. The number of amides is 2. The fourth-order valence-corrected chi connectivity index (χ4v) is 9.72. The Morgan fingerprint density at radius 2 is 1.72 bits per heavy atom. The number of oxime groups is 1. The largest absolute Gasteiger partial charge is 0.459 e. The molecule has 6 atom stereocenters. The molecule has 4 aromatic rings. The summed E-state index contributed by atoms with van der Waals surface area (Å²) in [4.78, 5) is 36.0. The molecule has 1 heterocycles. The summed E-state index contributed by atoms with van der Waals surface area (Å²) >= 11 is 0. The maximum Gasteiger partial charge on any atom is 0.412 e. The maximum atomic E-state index is 15.3. The summed E-state index contributed by atoms with van der Waals surface area (Å²) in [6.07, 6.45) is 7.55. The maximum absolute atomic E-state index is 15.3. The van der Waals surface area contributed by atoms with Gasteiger partial charge in [0.1, 0.15) is 30.0 Å². The van der Waals surface area contributed by atoms with Crippen LogP contribution in [-0.2, 0) is 22.7 Å². The number of hydrogen-bond donors (Lipinski definition) is 3. The molecule has 2 aliphatic carbocycles. The number of nitrogens with one attached hydrogen (secondary N) is 1. The third-order valence-corrected chi connectivity index (χ3v) is 12.6. The standard InChI is InChI=1S/C52H57FN4O8/c1-3-28-62-52-47(57(33-36-18-22-40(53)23-19-36)50(60)38-20-16-35(32-54)17-21-38)31-45(56-63-34-37-12-6-5-7-13-37)43-29-39(14-8-10-26-58)42(15-9-11-27-59)48(49(43)52)44-30-41(24-25-46(44)65-52)64-51(61)55-4-2/h3,5-7,12-13,16-25,29-30,39,42,47-49,58-59H,1,4,8-11,14-15,26-28,31,33-34H2,2H3,(H,55,61)/t39-,42+,47-,48+,49+,52+/m0/s1. The molecule has 3 aliphatic rings. The molecule has 13 heteroatoms. The number of nitrogens with zero attached hydrogens (tertiary/aromatic N) is 3. The van der Waals surface area contributed by atoms with E-state index in [1.807, 2.05) is 43.3 Å². The number of benzene rings is 4. The van der Waals surface area contributed by atoms with E-state index in [2.05, 4.69) is 24.0 Å². The molecule has 2 amide bonds.